The average molecular weight is 327 g/mol. The van der Waals surface area contributed by atoms with Gasteiger partial charge in [-0.25, -0.2) is 0 Å². The first-order chi connectivity index (χ1) is 11.7. The first kappa shape index (κ1) is 16.2. The molecule has 1 atom stereocenters. The molecule has 2 aromatic rings. The van der Waals surface area contributed by atoms with E-state index in [0.29, 0.717) is 23.6 Å². The van der Waals surface area contributed by atoms with Gasteiger partial charge in [-0.05, 0) is 30.7 Å². The molecule has 0 saturated carbocycles. The number of benzene rings is 2. The van der Waals surface area contributed by atoms with Gasteiger partial charge >= 0.3 is 0 Å². The Labute approximate surface area is 141 Å². The Hall–Kier alpha value is -2.69. The number of methoxy groups -OCH3 is 2. The zero-order valence-electron chi connectivity index (χ0n) is 14.1. The molecule has 1 amide bonds. The van der Waals surface area contributed by atoms with Crippen molar-refractivity contribution in [3.63, 3.8) is 0 Å². The van der Waals surface area contributed by atoms with E-state index < -0.39 is 0 Å². The minimum Gasteiger partial charge on any atom is -0.497 e. The summed E-state index contributed by atoms with van der Waals surface area (Å²) in [6, 6.07) is 12.8. The van der Waals surface area contributed by atoms with Crippen LogP contribution in [0.15, 0.2) is 42.5 Å². The van der Waals surface area contributed by atoms with Gasteiger partial charge in [-0.3, -0.25) is 4.79 Å². The van der Waals surface area contributed by atoms with E-state index in [4.69, 9.17) is 14.2 Å². The molecule has 0 fully saturated rings. The molecule has 0 bridgehead atoms. The number of hydrogen-bond donors (Lipinski definition) is 0. The number of ether oxygens (including phenoxy) is 3. The van der Waals surface area contributed by atoms with Crippen molar-refractivity contribution in [2.24, 2.45) is 0 Å². The molecule has 2 aromatic carbocycles. The average Bonchev–Trinajstić information content (AvgIpc) is 2.65. The van der Waals surface area contributed by atoms with Gasteiger partial charge in [0, 0.05) is 11.6 Å². The molecule has 0 spiro atoms. The number of rotatable bonds is 4. The fourth-order valence-corrected chi connectivity index (χ4v) is 2.79. The zero-order chi connectivity index (χ0) is 17.1. The SMILES string of the molecule is CCC1CN(C(=O)c2cc(OC)cc(OC)c2)c2ccccc2O1. The standard InChI is InChI=1S/C19H21NO4/c1-4-14-12-20(17-7-5-6-8-18(17)24-14)19(21)13-9-15(22-2)11-16(10-13)23-3/h5-11,14H,4,12H2,1-3H3. The minimum atomic E-state index is -0.0959. The largest absolute Gasteiger partial charge is 0.497 e. The Kier molecular flexibility index (Phi) is 4.60. The van der Waals surface area contributed by atoms with Gasteiger partial charge in [0.15, 0.2) is 0 Å². The summed E-state index contributed by atoms with van der Waals surface area (Å²) >= 11 is 0. The lowest BCUT2D eigenvalue weighted by Crippen LogP contribution is -2.43. The molecule has 0 aliphatic carbocycles. The summed E-state index contributed by atoms with van der Waals surface area (Å²) in [6.45, 7) is 2.57. The molecule has 5 nitrogen and oxygen atoms in total. The fourth-order valence-electron chi connectivity index (χ4n) is 2.79. The minimum absolute atomic E-state index is 0.0173. The van der Waals surface area contributed by atoms with Gasteiger partial charge in [-0.15, -0.1) is 0 Å². The number of para-hydroxylation sites is 2. The van der Waals surface area contributed by atoms with Gasteiger partial charge in [0.05, 0.1) is 26.5 Å². The monoisotopic (exact) mass is 327 g/mol. The van der Waals surface area contributed by atoms with Crippen LogP contribution < -0.4 is 19.1 Å². The molecule has 1 heterocycles. The van der Waals surface area contributed by atoms with Crippen LogP contribution in [-0.4, -0.2) is 32.8 Å². The van der Waals surface area contributed by atoms with Crippen molar-refractivity contribution < 1.29 is 19.0 Å². The van der Waals surface area contributed by atoms with Gasteiger partial charge in [-0.2, -0.15) is 0 Å². The molecule has 3 rings (SSSR count). The highest BCUT2D eigenvalue weighted by Gasteiger charge is 2.29. The van der Waals surface area contributed by atoms with Crippen LogP contribution in [0.25, 0.3) is 0 Å². The predicted molar refractivity (Wildman–Crippen MR) is 92.4 cm³/mol. The molecule has 0 N–H and O–H groups in total. The maximum absolute atomic E-state index is 13.1. The second kappa shape index (κ2) is 6.83. The van der Waals surface area contributed by atoms with Crippen molar-refractivity contribution in [3.05, 3.63) is 48.0 Å². The van der Waals surface area contributed by atoms with Gasteiger partial charge in [0.2, 0.25) is 0 Å². The van der Waals surface area contributed by atoms with E-state index in [1.165, 1.54) is 0 Å². The molecule has 0 saturated heterocycles. The Bertz CT molecular complexity index is 722. The molecule has 24 heavy (non-hydrogen) atoms. The highest BCUT2D eigenvalue weighted by Crippen LogP contribution is 2.35. The quantitative estimate of drug-likeness (QED) is 0.862. The van der Waals surface area contributed by atoms with Crippen molar-refractivity contribution >= 4 is 11.6 Å². The van der Waals surface area contributed by atoms with Crippen LogP contribution in [0.1, 0.15) is 23.7 Å². The molecule has 0 aromatic heterocycles. The second-order valence-corrected chi connectivity index (χ2v) is 5.63. The molecule has 5 heteroatoms. The highest BCUT2D eigenvalue weighted by molar-refractivity contribution is 6.07. The summed E-state index contributed by atoms with van der Waals surface area (Å²) in [5.41, 5.74) is 1.31. The number of fused-ring (bicyclic) bond motifs is 1. The topological polar surface area (TPSA) is 48.0 Å². The fraction of sp³-hybridized carbons (Fsp3) is 0.316. The molecular weight excluding hydrogens is 306 g/mol. The number of hydrogen-bond acceptors (Lipinski definition) is 4. The highest BCUT2D eigenvalue weighted by atomic mass is 16.5. The predicted octanol–water partition coefficient (Wildman–Crippen LogP) is 3.52. The third-order valence-electron chi connectivity index (χ3n) is 4.13. The van der Waals surface area contributed by atoms with E-state index in [2.05, 4.69) is 6.92 Å². The van der Waals surface area contributed by atoms with E-state index in [9.17, 15) is 4.79 Å². The first-order valence-electron chi connectivity index (χ1n) is 7.97. The van der Waals surface area contributed by atoms with Crippen LogP contribution in [0, 0.1) is 0 Å². The molecule has 0 radical (unpaired) electrons. The van der Waals surface area contributed by atoms with Crippen LogP contribution in [0.3, 0.4) is 0 Å². The molecular formula is C19H21NO4. The van der Waals surface area contributed by atoms with Crippen LogP contribution >= 0.6 is 0 Å². The Morgan fingerprint density at radius 3 is 2.46 bits per heavy atom. The summed E-state index contributed by atoms with van der Waals surface area (Å²) < 4.78 is 16.5. The number of nitrogens with zero attached hydrogens (tertiary/aromatic N) is 1. The normalized spacial score (nSPS) is 16.1. The summed E-state index contributed by atoms with van der Waals surface area (Å²) in [7, 11) is 3.14. The first-order valence-corrected chi connectivity index (χ1v) is 7.97. The number of amides is 1. The summed E-state index contributed by atoms with van der Waals surface area (Å²) in [5.74, 6) is 1.82. The maximum atomic E-state index is 13.1. The lowest BCUT2D eigenvalue weighted by atomic mass is 10.1. The molecule has 1 aliphatic heterocycles. The van der Waals surface area contributed by atoms with Crippen molar-refractivity contribution in [1.82, 2.24) is 0 Å². The van der Waals surface area contributed by atoms with Gasteiger partial charge < -0.3 is 19.1 Å². The van der Waals surface area contributed by atoms with Crippen LogP contribution in [0.5, 0.6) is 17.2 Å². The Morgan fingerprint density at radius 1 is 1.17 bits per heavy atom. The summed E-state index contributed by atoms with van der Waals surface area (Å²) in [5, 5.41) is 0. The van der Waals surface area contributed by atoms with E-state index in [1.54, 1.807) is 37.3 Å². The van der Waals surface area contributed by atoms with Crippen molar-refractivity contribution in [2.75, 3.05) is 25.7 Å². The Morgan fingerprint density at radius 2 is 1.83 bits per heavy atom. The summed E-state index contributed by atoms with van der Waals surface area (Å²) in [4.78, 5) is 14.9. The third-order valence-corrected chi connectivity index (χ3v) is 4.13. The third kappa shape index (κ3) is 3.02. The van der Waals surface area contributed by atoms with Crippen LogP contribution in [-0.2, 0) is 0 Å². The number of carbonyl (C=O) groups is 1. The molecule has 1 unspecified atom stereocenters. The van der Waals surface area contributed by atoms with E-state index in [-0.39, 0.29) is 12.0 Å². The number of carbonyl (C=O) groups excluding carboxylic acids is 1. The number of anilines is 1. The van der Waals surface area contributed by atoms with Crippen LogP contribution in [0.2, 0.25) is 0 Å². The van der Waals surface area contributed by atoms with Gasteiger partial charge in [0.1, 0.15) is 23.4 Å². The summed E-state index contributed by atoms with van der Waals surface area (Å²) in [6.07, 6.45) is 0.816. The van der Waals surface area contributed by atoms with Gasteiger partial charge in [-0.1, -0.05) is 19.1 Å². The molecule has 126 valence electrons. The smallest absolute Gasteiger partial charge is 0.258 e. The van der Waals surface area contributed by atoms with E-state index in [0.717, 1.165) is 17.9 Å². The van der Waals surface area contributed by atoms with E-state index in [1.807, 2.05) is 24.3 Å². The van der Waals surface area contributed by atoms with Crippen LogP contribution in [0.4, 0.5) is 5.69 Å². The second-order valence-electron chi connectivity index (χ2n) is 5.63. The van der Waals surface area contributed by atoms with Crippen molar-refractivity contribution in [2.45, 2.75) is 19.4 Å². The van der Waals surface area contributed by atoms with E-state index >= 15 is 0 Å². The maximum Gasteiger partial charge on any atom is 0.258 e. The van der Waals surface area contributed by atoms with Gasteiger partial charge in [0.25, 0.3) is 5.91 Å². The van der Waals surface area contributed by atoms with Crippen molar-refractivity contribution in [1.29, 1.82) is 0 Å². The van der Waals surface area contributed by atoms with Crippen molar-refractivity contribution in [3.8, 4) is 17.2 Å². The lowest BCUT2D eigenvalue weighted by Gasteiger charge is -2.34. The lowest BCUT2D eigenvalue weighted by molar-refractivity contribution is 0.0953. The Balaban J connectivity index is 2.00. The molecule has 1 aliphatic rings. The zero-order valence-corrected chi connectivity index (χ0v) is 14.1.